The first-order valence-electron chi connectivity index (χ1n) is 3.81. The second-order valence-electron chi connectivity index (χ2n) is 3.01. The summed E-state index contributed by atoms with van der Waals surface area (Å²) in [4.78, 5) is 1.22. The molecule has 1 aliphatic rings. The molecule has 0 saturated carbocycles. The summed E-state index contributed by atoms with van der Waals surface area (Å²) in [5.74, 6) is 0. The van der Waals surface area contributed by atoms with E-state index in [1.165, 1.54) is 10.5 Å². The second-order valence-corrected chi connectivity index (χ2v) is 5.30. The van der Waals surface area contributed by atoms with Crippen molar-refractivity contribution in [1.29, 1.82) is 0 Å². The molecule has 1 unspecified atom stereocenters. The molecule has 1 aromatic rings. The molecule has 1 aliphatic heterocycles. The van der Waals surface area contributed by atoms with Gasteiger partial charge in [-0.1, -0.05) is 30.1 Å². The van der Waals surface area contributed by atoms with Gasteiger partial charge in [-0.25, -0.2) is 0 Å². The van der Waals surface area contributed by atoms with Crippen LogP contribution in [0.15, 0.2) is 17.0 Å². The highest BCUT2D eigenvalue weighted by molar-refractivity contribution is 8.00. The summed E-state index contributed by atoms with van der Waals surface area (Å²) in [5, 5.41) is 2.18. The molecular formula is C9H8Cl2S. The van der Waals surface area contributed by atoms with E-state index in [1.807, 2.05) is 23.9 Å². The van der Waals surface area contributed by atoms with Crippen molar-refractivity contribution in [2.45, 2.75) is 23.5 Å². The lowest BCUT2D eigenvalue weighted by atomic mass is 10.1. The number of hydrogen-bond donors (Lipinski definition) is 0. The minimum absolute atomic E-state index is 0.635. The molecule has 2 rings (SSSR count). The summed E-state index contributed by atoms with van der Waals surface area (Å²) in [6.45, 7) is 2.20. The van der Waals surface area contributed by atoms with Crippen molar-refractivity contribution in [1.82, 2.24) is 0 Å². The molecule has 1 aromatic carbocycles. The van der Waals surface area contributed by atoms with Crippen molar-refractivity contribution < 1.29 is 0 Å². The lowest BCUT2D eigenvalue weighted by Crippen LogP contribution is -1.90. The van der Waals surface area contributed by atoms with Crippen molar-refractivity contribution in [3.8, 4) is 0 Å². The van der Waals surface area contributed by atoms with Crippen LogP contribution in [-0.2, 0) is 6.42 Å². The Morgan fingerprint density at radius 3 is 2.92 bits per heavy atom. The number of fused-ring (bicyclic) bond motifs is 1. The van der Waals surface area contributed by atoms with Gasteiger partial charge in [-0.15, -0.1) is 11.8 Å². The standard InChI is InChI=1S/C9H8Cl2S/c1-5-2-6-3-7(10)4-8(11)9(6)12-5/h3-5H,2H2,1H3. The van der Waals surface area contributed by atoms with E-state index < -0.39 is 0 Å². The number of benzene rings is 1. The van der Waals surface area contributed by atoms with Gasteiger partial charge in [0, 0.05) is 15.2 Å². The second kappa shape index (κ2) is 3.13. The van der Waals surface area contributed by atoms with Gasteiger partial charge in [-0.3, -0.25) is 0 Å². The Bertz CT molecular complexity index is 323. The Kier molecular flexibility index (Phi) is 2.28. The SMILES string of the molecule is CC1Cc2cc(Cl)cc(Cl)c2S1. The molecule has 0 aromatic heterocycles. The van der Waals surface area contributed by atoms with E-state index in [2.05, 4.69) is 6.92 Å². The van der Waals surface area contributed by atoms with Crippen LogP contribution in [0.25, 0.3) is 0 Å². The van der Waals surface area contributed by atoms with Crippen molar-refractivity contribution in [3.63, 3.8) is 0 Å². The third-order valence-electron chi connectivity index (χ3n) is 1.91. The Morgan fingerprint density at radius 2 is 2.17 bits per heavy atom. The normalized spacial score (nSPS) is 21.1. The molecule has 1 atom stereocenters. The zero-order chi connectivity index (χ0) is 8.72. The van der Waals surface area contributed by atoms with Gasteiger partial charge < -0.3 is 0 Å². The van der Waals surface area contributed by atoms with E-state index >= 15 is 0 Å². The molecule has 0 bridgehead atoms. The van der Waals surface area contributed by atoms with Crippen LogP contribution in [-0.4, -0.2) is 5.25 Å². The molecule has 1 heterocycles. The molecule has 0 fully saturated rings. The van der Waals surface area contributed by atoms with E-state index in [0.717, 1.165) is 16.5 Å². The monoisotopic (exact) mass is 218 g/mol. The highest BCUT2D eigenvalue weighted by Gasteiger charge is 2.21. The highest BCUT2D eigenvalue weighted by Crippen LogP contribution is 2.42. The maximum Gasteiger partial charge on any atom is 0.0559 e. The van der Waals surface area contributed by atoms with Gasteiger partial charge in [-0.05, 0) is 24.1 Å². The molecule has 0 N–H and O–H groups in total. The van der Waals surface area contributed by atoms with Crippen LogP contribution in [0, 0.1) is 0 Å². The minimum Gasteiger partial charge on any atom is -0.121 e. The van der Waals surface area contributed by atoms with Crippen LogP contribution in [0.5, 0.6) is 0 Å². The minimum atomic E-state index is 0.635. The van der Waals surface area contributed by atoms with E-state index in [0.29, 0.717) is 5.25 Å². The van der Waals surface area contributed by atoms with Crippen LogP contribution in [0.2, 0.25) is 10.0 Å². The zero-order valence-corrected chi connectivity index (χ0v) is 8.93. The summed E-state index contributed by atoms with van der Waals surface area (Å²) in [5.41, 5.74) is 1.30. The van der Waals surface area contributed by atoms with Gasteiger partial charge in [0.25, 0.3) is 0 Å². The van der Waals surface area contributed by atoms with Gasteiger partial charge in [0.15, 0.2) is 0 Å². The molecule has 64 valence electrons. The van der Waals surface area contributed by atoms with Crippen LogP contribution >= 0.6 is 35.0 Å². The number of rotatable bonds is 0. The zero-order valence-electron chi connectivity index (χ0n) is 6.60. The molecular weight excluding hydrogens is 211 g/mol. The molecule has 0 aliphatic carbocycles. The predicted molar refractivity (Wildman–Crippen MR) is 55.5 cm³/mol. The molecule has 0 saturated heterocycles. The summed E-state index contributed by atoms with van der Waals surface area (Å²) in [7, 11) is 0. The molecule has 3 heteroatoms. The van der Waals surface area contributed by atoms with Gasteiger partial charge >= 0.3 is 0 Å². The van der Waals surface area contributed by atoms with E-state index in [-0.39, 0.29) is 0 Å². The third kappa shape index (κ3) is 1.46. The Balaban J connectivity index is 2.52. The lowest BCUT2D eigenvalue weighted by Gasteiger charge is -2.00. The Hall–Kier alpha value is 0.150. The smallest absolute Gasteiger partial charge is 0.0559 e. The Morgan fingerprint density at radius 1 is 1.42 bits per heavy atom. The number of halogens is 2. The van der Waals surface area contributed by atoms with E-state index in [4.69, 9.17) is 23.2 Å². The van der Waals surface area contributed by atoms with Crippen LogP contribution in [0.3, 0.4) is 0 Å². The summed E-state index contributed by atoms with van der Waals surface area (Å²) in [6.07, 6.45) is 1.08. The largest absolute Gasteiger partial charge is 0.121 e. The van der Waals surface area contributed by atoms with Gasteiger partial charge in [0.1, 0.15) is 0 Å². The summed E-state index contributed by atoms with van der Waals surface area (Å²) in [6, 6.07) is 3.83. The molecule has 0 nitrogen and oxygen atoms in total. The average Bonchev–Trinajstić information content (AvgIpc) is 2.29. The first kappa shape index (κ1) is 8.74. The maximum atomic E-state index is 6.03. The molecule has 0 amide bonds. The summed E-state index contributed by atoms with van der Waals surface area (Å²) < 4.78 is 0. The number of thioether (sulfide) groups is 1. The first-order valence-corrected chi connectivity index (χ1v) is 5.45. The van der Waals surface area contributed by atoms with Gasteiger partial charge in [0.2, 0.25) is 0 Å². The molecule has 0 spiro atoms. The first-order chi connectivity index (χ1) is 5.66. The van der Waals surface area contributed by atoms with Crippen LogP contribution in [0.4, 0.5) is 0 Å². The average molecular weight is 219 g/mol. The van der Waals surface area contributed by atoms with Gasteiger partial charge in [-0.2, -0.15) is 0 Å². The van der Waals surface area contributed by atoms with E-state index in [1.54, 1.807) is 0 Å². The highest BCUT2D eigenvalue weighted by atomic mass is 35.5. The van der Waals surface area contributed by atoms with E-state index in [9.17, 15) is 0 Å². The van der Waals surface area contributed by atoms with Crippen LogP contribution in [0.1, 0.15) is 12.5 Å². The molecule has 12 heavy (non-hydrogen) atoms. The van der Waals surface area contributed by atoms with Crippen molar-refractivity contribution >= 4 is 35.0 Å². The quantitative estimate of drug-likeness (QED) is 0.634. The topological polar surface area (TPSA) is 0 Å². The van der Waals surface area contributed by atoms with Crippen molar-refractivity contribution in [3.05, 3.63) is 27.7 Å². The predicted octanol–water partition coefficient (Wildman–Crippen LogP) is 4.03. The van der Waals surface area contributed by atoms with Crippen molar-refractivity contribution in [2.24, 2.45) is 0 Å². The fraction of sp³-hybridized carbons (Fsp3) is 0.333. The Labute approximate surface area is 86.3 Å². The fourth-order valence-electron chi connectivity index (χ4n) is 1.45. The fourth-order valence-corrected chi connectivity index (χ4v) is 3.25. The molecule has 0 radical (unpaired) electrons. The van der Waals surface area contributed by atoms with Crippen molar-refractivity contribution in [2.75, 3.05) is 0 Å². The maximum absolute atomic E-state index is 6.03. The lowest BCUT2D eigenvalue weighted by molar-refractivity contribution is 0.960. The third-order valence-corrected chi connectivity index (χ3v) is 3.83. The summed E-state index contributed by atoms with van der Waals surface area (Å²) >= 11 is 13.8. The van der Waals surface area contributed by atoms with Crippen LogP contribution < -0.4 is 0 Å². The van der Waals surface area contributed by atoms with Gasteiger partial charge in [0.05, 0.1) is 5.02 Å². The number of hydrogen-bond acceptors (Lipinski definition) is 1.